The van der Waals surface area contributed by atoms with Gasteiger partial charge in [0.2, 0.25) is 0 Å². The Hall–Kier alpha value is -0.820. The molecular weight excluding hydrogens is 425 g/mol. The second-order valence-corrected chi connectivity index (χ2v) is 7.37. The Labute approximate surface area is 168 Å². The summed E-state index contributed by atoms with van der Waals surface area (Å²) in [5.41, 5.74) is 3.02. The van der Waals surface area contributed by atoms with Crippen LogP contribution in [0.25, 0.3) is 0 Å². The normalized spacial score (nSPS) is 30.5. The maximum absolute atomic E-state index is 5.96. The van der Waals surface area contributed by atoms with Crippen molar-refractivity contribution in [1.29, 1.82) is 0 Å². The molecule has 4 unspecified atom stereocenters. The molecule has 1 aliphatic carbocycles. The highest BCUT2D eigenvalue weighted by Crippen LogP contribution is 2.34. The number of nitrogens with one attached hydrogen (secondary N) is 2. The van der Waals surface area contributed by atoms with Gasteiger partial charge in [-0.3, -0.25) is 4.99 Å². The van der Waals surface area contributed by atoms with Crippen molar-refractivity contribution >= 4 is 29.9 Å². The molecule has 4 rings (SSSR count). The quantitative estimate of drug-likeness (QED) is 0.415. The first-order chi connectivity index (χ1) is 11.8. The van der Waals surface area contributed by atoms with E-state index in [2.05, 4.69) is 41.8 Å². The molecule has 3 aliphatic rings. The molecular formula is C20H30IN3O. The Morgan fingerprint density at radius 3 is 2.88 bits per heavy atom. The molecule has 4 nitrogen and oxygen atoms in total. The third-order valence-electron chi connectivity index (χ3n) is 5.74. The molecule has 2 N–H and O–H groups in total. The molecule has 138 valence electrons. The van der Waals surface area contributed by atoms with Gasteiger partial charge in [0.1, 0.15) is 0 Å². The van der Waals surface area contributed by atoms with Crippen molar-refractivity contribution in [2.45, 2.75) is 69.6 Å². The van der Waals surface area contributed by atoms with Crippen molar-refractivity contribution in [3.63, 3.8) is 0 Å². The summed E-state index contributed by atoms with van der Waals surface area (Å²) in [6.07, 6.45) is 8.15. The number of hydrogen-bond donors (Lipinski definition) is 2. The largest absolute Gasteiger partial charge is 0.373 e. The molecule has 2 bridgehead atoms. The number of fused-ring (bicyclic) bond motifs is 3. The molecule has 0 spiro atoms. The minimum atomic E-state index is 0. The van der Waals surface area contributed by atoms with Crippen LogP contribution in [0.3, 0.4) is 0 Å². The van der Waals surface area contributed by atoms with E-state index >= 15 is 0 Å². The number of benzene rings is 1. The molecule has 0 saturated carbocycles. The Morgan fingerprint density at radius 1 is 1.24 bits per heavy atom. The molecule has 2 heterocycles. The molecule has 25 heavy (non-hydrogen) atoms. The molecule has 4 atom stereocenters. The fourth-order valence-corrected chi connectivity index (χ4v) is 4.53. The van der Waals surface area contributed by atoms with Crippen molar-refractivity contribution in [3.8, 4) is 0 Å². The van der Waals surface area contributed by atoms with E-state index < -0.39 is 0 Å². The number of ether oxygens (including phenoxy) is 1. The summed E-state index contributed by atoms with van der Waals surface area (Å²) in [7, 11) is 0. The standard InChI is InChI=1S/C20H29N3O.HI/c1-2-21-20(23-18-12-16-10-11-19(18)24-16)22-13-15-8-5-7-14-6-3-4-9-17(14)15;/h3-4,6,9,15-16,18-19H,2,5,7-8,10-13H2,1H3,(H2,21,22,23);1H. The summed E-state index contributed by atoms with van der Waals surface area (Å²) in [6.45, 7) is 3.90. The summed E-state index contributed by atoms with van der Waals surface area (Å²) in [5, 5.41) is 7.04. The van der Waals surface area contributed by atoms with E-state index in [1.54, 1.807) is 0 Å². The van der Waals surface area contributed by atoms with E-state index in [4.69, 9.17) is 9.73 Å². The fraction of sp³-hybridized carbons (Fsp3) is 0.650. The molecule has 2 fully saturated rings. The number of guanidine groups is 1. The Morgan fingerprint density at radius 2 is 2.12 bits per heavy atom. The van der Waals surface area contributed by atoms with Gasteiger partial charge in [0.25, 0.3) is 0 Å². The maximum atomic E-state index is 5.96. The third-order valence-corrected chi connectivity index (χ3v) is 5.74. The Balaban J connectivity index is 0.00000182. The maximum Gasteiger partial charge on any atom is 0.191 e. The number of hydrogen-bond acceptors (Lipinski definition) is 2. The van der Waals surface area contributed by atoms with Crippen molar-refractivity contribution in [2.24, 2.45) is 4.99 Å². The molecule has 5 heteroatoms. The minimum absolute atomic E-state index is 0. The van der Waals surface area contributed by atoms with Gasteiger partial charge < -0.3 is 15.4 Å². The molecule has 0 radical (unpaired) electrons. The molecule has 0 aromatic heterocycles. The number of aryl methyl sites for hydroxylation is 1. The minimum Gasteiger partial charge on any atom is -0.373 e. The first-order valence-electron chi connectivity index (χ1n) is 9.61. The zero-order valence-corrected chi connectivity index (χ0v) is 17.4. The molecule has 2 saturated heterocycles. The van der Waals surface area contributed by atoms with Crippen LogP contribution < -0.4 is 10.6 Å². The lowest BCUT2D eigenvalue weighted by atomic mass is 9.83. The van der Waals surface area contributed by atoms with Gasteiger partial charge in [0.15, 0.2) is 5.96 Å². The van der Waals surface area contributed by atoms with Crippen molar-refractivity contribution in [2.75, 3.05) is 13.1 Å². The average Bonchev–Trinajstić information content (AvgIpc) is 3.23. The van der Waals surface area contributed by atoms with Crippen LogP contribution in [0.1, 0.15) is 56.1 Å². The highest BCUT2D eigenvalue weighted by atomic mass is 127. The zero-order valence-electron chi connectivity index (χ0n) is 15.0. The number of rotatable bonds is 4. The Kier molecular flexibility index (Phi) is 6.61. The lowest BCUT2D eigenvalue weighted by Crippen LogP contribution is -2.47. The molecule has 0 amide bonds. The Bertz CT molecular complexity index is 606. The highest BCUT2D eigenvalue weighted by Gasteiger charge is 2.41. The summed E-state index contributed by atoms with van der Waals surface area (Å²) in [6, 6.07) is 9.32. The van der Waals surface area contributed by atoms with Crippen LogP contribution in [-0.4, -0.2) is 37.3 Å². The van der Waals surface area contributed by atoms with Crippen LogP contribution in [0.4, 0.5) is 0 Å². The van der Waals surface area contributed by atoms with Crippen LogP contribution in [0.2, 0.25) is 0 Å². The summed E-state index contributed by atoms with van der Waals surface area (Å²) in [5.74, 6) is 1.52. The summed E-state index contributed by atoms with van der Waals surface area (Å²) < 4.78 is 5.96. The van der Waals surface area contributed by atoms with Gasteiger partial charge in [-0.2, -0.15) is 0 Å². The van der Waals surface area contributed by atoms with Crippen LogP contribution in [0.15, 0.2) is 29.3 Å². The van der Waals surface area contributed by atoms with Gasteiger partial charge >= 0.3 is 0 Å². The van der Waals surface area contributed by atoms with Crippen LogP contribution >= 0.6 is 24.0 Å². The van der Waals surface area contributed by atoms with Gasteiger partial charge in [0.05, 0.1) is 18.2 Å². The lowest BCUT2D eigenvalue weighted by Gasteiger charge is -2.26. The van der Waals surface area contributed by atoms with Crippen LogP contribution in [0.5, 0.6) is 0 Å². The second kappa shape index (κ2) is 8.71. The van der Waals surface area contributed by atoms with Gasteiger partial charge in [-0.25, -0.2) is 0 Å². The summed E-state index contributed by atoms with van der Waals surface area (Å²) >= 11 is 0. The fourth-order valence-electron chi connectivity index (χ4n) is 4.53. The first kappa shape index (κ1) is 19.0. The van der Waals surface area contributed by atoms with E-state index in [0.717, 1.165) is 25.5 Å². The SMILES string of the molecule is CCNC(=NCC1CCCc2ccccc21)NC1CC2CCC1O2.I. The van der Waals surface area contributed by atoms with Gasteiger partial charge in [-0.15, -0.1) is 24.0 Å². The van der Waals surface area contributed by atoms with Gasteiger partial charge in [-0.1, -0.05) is 24.3 Å². The topological polar surface area (TPSA) is 45.7 Å². The van der Waals surface area contributed by atoms with Crippen molar-refractivity contribution in [3.05, 3.63) is 35.4 Å². The van der Waals surface area contributed by atoms with E-state index in [1.807, 2.05) is 0 Å². The van der Waals surface area contributed by atoms with E-state index in [0.29, 0.717) is 24.2 Å². The van der Waals surface area contributed by atoms with Gasteiger partial charge in [-0.05, 0) is 56.6 Å². The molecule has 1 aromatic carbocycles. The van der Waals surface area contributed by atoms with Crippen molar-refractivity contribution in [1.82, 2.24) is 10.6 Å². The second-order valence-electron chi connectivity index (χ2n) is 7.37. The first-order valence-corrected chi connectivity index (χ1v) is 9.61. The predicted octanol–water partition coefficient (Wildman–Crippen LogP) is 3.60. The molecule has 1 aromatic rings. The summed E-state index contributed by atoms with van der Waals surface area (Å²) in [4.78, 5) is 4.92. The third kappa shape index (κ3) is 4.30. The van der Waals surface area contributed by atoms with Crippen LogP contribution in [-0.2, 0) is 11.2 Å². The highest BCUT2D eigenvalue weighted by molar-refractivity contribution is 14.0. The van der Waals surface area contributed by atoms with Gasteiger partial charge in [0, 0.05) is 19.0 Å². The smallest absolute Gasteiger partial charge is 0.191 e. The average molecular weight is 455 g/mol. The van der Waals surface area contributed by atoms with E-state index in [9.17, 15) is 0 Å². The van der Waals surface area contributed by atoms with E-state index in [-0.39, 0.29) is 24.0 Å². The van der Waals surface area contributed by atoms with Crippen molar-refractivity contribution < 1.29 is 4.74 Å². The lowest BCUT2D eigenvalue weighted by molar-refractivity contribution is 0.0992. The monoisotopic (exact) mass is 455 g/mol. The van der Waals surface area contributed by atoms with E-state index in [1.165, 1.54) is 43.2 Å². The van der Waals surface area contributed by atoms with Crippen LogP contribution in [0, 0.1) is 0 Å². The number of aliphatic imine (C=N–C) groups is 1. The predicted molar refractivity (Wildman–Crippen MR) is 113 cm³/mol. The number of nitrogens with zero attached hydrogens (tertiary/aromatic N) is 1. The number of halogens is 1. The molecule has 2 aliphatic heterocycles. The zero-order chi connectivity index (χ0) is 16.4.